The molecule has 152 valence electrons. The quantitative estimate of drug-likeness (QED) is 0.499. The Bertz CT molecular complexity index is 1140. The van der Waals surface area contributed by atoms with Crippen LogP contribution in [0, 0.1) is 0 Å². The first-order chi connectivity index (χ1) is 14.7. The van der Waals surface area contributed by atoms with Crippen LogP contribution in [0.1, 0.15) is 17.0 Å². The number of nitrogens with zero attached hydrogens (tertiary/aromatic N) is 2. The van der Waals surface area contributed by atoms with Gasteiger partial charge in [0, 0.05) is 54.7 Å². The van der Waals surface area contributed by atoms with Gasteiger partial charge in [-0.25, -0.2) is 4.79 Å². The average molecular weight is 400 g/mol. The van der Waals surface area contributed by atoms with Gasteiger partial charge < -0.3 is 19.9 Å². The number of pyridine rings is 1. The third-order valence-electron chi connectivity index (χ3n) is 5.20. The maximum Gasteiger partial charge on any atom is 0.319 e. The highest BCUT2D eigenvalue weighted by Gasteiger charge is 2.20. The summed E-state index contributed by atoms with van der Waals surface area (Å²) in [5.74, 6) is 0.722. The summed E-state index contributed by atoms with van der Waals surface area (Å²) in [6.45, 7) is 0.446. The first-order valence-corrected chi connectivity index (χ1v) is 9.78. The Labute approximate surface area is 175 Å². The highest BCUT2D eigenvalue weighted by atomic mass is 16.5. The fourth-order valence-corrected chi connectivity index (χ4v) is 3.68. The van der Waals surface area contributed by atoms with E-state index in [1.165, 1.54) is 5.39 Å². The van der Waals surface area contributed by atoms with Crippen molar-refractivity contribution >= 4 is 22.6 Å². The van der Waals surface area contributed by atoms with Crippen molar-refractivity contribution in [3.8, 4) is 5.75 Å². The SMILES string of the molecule is COc1ccc(NC(=O)NCC(c2cccnc2)c2cn(C)c3ccccc23)cc1. The number of rotatable bonds is 6. The lowest BCUT2D eigenvalue weighted by atomic mass is 9.92. The molecule has 4 aromatic rings. The van der Waals surface area contributed by atoms with Crippen LogP contribution in [0.15, 0.2) is 79.3 Å². The number of benzene rings is 2. The Hall–Kier alpha value is -3.80. The fourth-order valence-electron chi connectivity index (χ4n) is 3.68. The van der Waals surface area contributed by atoms with Gasteiger partial charge in [0.2, 0.25) is 0 Å². The van der Waals surface area contributed by atoms with Crippen LogP contribution in [0.25, 0.3) is 10.9 Å². The topological polar surface area (TPSA) is 68.2 Å². The number of aromatic nitrogens is 2. The second kappa shape index (κ2) is 8.69. The summed E-state index contributed by atoms with van der Waals surface area (Å²) < 4.78 is 7.27. The van der Waals surface area contributed by atoms with Gasteiger partial charge >= 0.3 is 6.03 Å². The van der Waals surface area contributed by atoms with Crippen molar-refractivity contribution in [2.75, 3.05) is 19.0 Å². The van der Waals surface area contributed by atoms with Crippen LogP contribution < -0.4 is 15.4 Å². The van der Waals surface area contributed by atoms with E-state index in [1.807, 2.05) is 61.8 Å². The minimum atomic E-state index is -0.255. The summed E-state index contributed by atoms with van der Waals surface area (Å²) in [6, 6.07) is 19.2. The van der Waals surface area contributed by atoms with Crippen LogP contribution in [0.4, 0.5) is 10.5 Å². The molecule has 0 saturated heterocycles. The number of aryl methyl sites for hydroxylation is 1. The van der Waals surface area contributed by atoms with Gasteiger partial charge in [0.15, 0.2) is 0 Å². The minimum absolute atomic E-state index is 0.0218. The number of anilines is 1. The zero-order chi connectivity index (χ0) is 20.9. The molecule has 4 rings (SSSR count). The number of amides is 2. The Morgan fingerprint density at radius 3 is 2.63 bits per heavy atom. The lowest BCUT2D eigenvalue weighted by molar-refractivity contribution is 0.252. The van der Waals surface area contributed by atoms with Gasteiger partial charge in [0.1, 0.15) is 5.75 Å². The molecule has 6 heteroatoms. The monoisotopic (exact) mass is 400 g/mol. The first-order valence-electron chi connectivity index (χ1n) is 9.78. The van der Waals surface area contributed by atoms with E-state index in [1.54, 1.807) is 13.3 Å². The van der Waals surface area contributed by atoms with Crippen molar-refractivity contribution in [1.29, 1.82) is 0 Å². The van der Waals surface area contributed by atoms with Crippen LogP contribution in [0.2, 0.25) is 0 Å². The van der Waals surface area contributed by atoms with Gasteiger partial charge in [-0.05, 0) is 47.5 Å². The van der Waals surface area contributed by atoms with E-state index in [0.717, 1.165) is 22.4 Å². The van der Waals surface area contributed by atoms with Gasteiger partial charge in [-0.15, -0.1) is 0 Å². The molecular formula is C24H24N4O2. The maximum absolute atomic E-state index is 12.5. The molecule has 0 aliphatic rings. The molecule has 0 fully saturated rings. The largest absolute Gasteiger partial charge is 0.497 e. The predicted molar refractivity (Wildman–Crippen MR) is 119 cm³/mol. The van der Waals surface area contributed by atoms with Crippen molar-refractivity contribution in [2.24, 2.45) is 7.05 Å². The number of hydrogen-bond acceptors (Lipinski definition) is 3. The molecule has 0 saturated carbocycles. The minimum Gasteiger partial charge on any atom is -0.497 e. The highest BCUT2D eigenvalue weighted by Crippen LogP contribution is 2.31. The van der Waals surface area contributed by atoms with E-state index in [4.69, 9.17) is 4.74 Å². The molecule has 0 aliphatic heterocycles. The number of fused-ring (bicyclic) bond motifs is 1. The Balaban J connectivity index is 1.55. The third kappa shape index (κ3) is 4.12. The van der Waals surface area contributed by atoms with Crippen LogP contribution >= 0.6 is 0 Å². The fraction of sp³-hybridized carbons (Fsp3) is 0.167. The molecule has 1 atom stereocenters. The molecule has 0 aliphatic carbocycles. The van der Waals surface area contributed by atoms with Crippen molar-refractivity contribution in [2.45, 2.75) is 5.92 Å². The number of nitrogens with one attached hydrogen (secondary N) is 2. The smallest absolute Gasteiger partial charge is 0.319 e. The summed E-state index contributed by atoms with van der Waals surface area (Å²) >= 11 is 0. The summed E-state index contributed by atoms with van der Waals surface area (Å²) in [7, 11) is 3.65. The zero-order valence-electron chi connectivity index (χ0n) is 17.0. The second-order valence-electron chi connectivity index (χ2n) is 7.11. The number of hydrogen-bond donors (Lipinski definition) is 2. The molecule has 1 unspecified atom stereocenters. The van der Waals surface area contributed by atoms with Crippen LogP contribution in [0.5, 0.6) is 5.75 Å². The average Bonchev–Trinajstić information content (AvgIpc) is 3.12. The van der Waals surface area contributed by atoms with Gasteiger partial charge in [0.05, 0.1) is 7.11 Å². The normalized spacial score (nSPS) is 11.8. The Kier molecular flexibility index (Phi) is 5.66. The number of ether oxygens (including phenoxy) is 1. The predicted octanol–water partition coefficient (Wildman–Crippen LogP) is 4.54. The van der Waals surface area contributed by atoms with E-state index >= 15 is 0 Å². The number of carbonyl (C=O) groups excluding carboxylic acids is 1. The molecule has 0 radical (unpaired) electrons. The molecule has 2 aromatic carbocycles. The van der Waals surface area contributed by atoms with Crippen molar-refractivity contribution in [1.82, 2.24) is 14.9 Å². The molecular weight excluding hydrogens is 376 g/mol. The molecule has 0 spiro atoms. The van der Waals surface area contributed by atoms with E-state index in [0.29, 0.717) is 12.2 Å². The van der Waals surface area contributed by atoms with E-state index in [2.05, 4.69) is 38.5 Å². The van der Waals surface area contributed by atoms with Crippen LogP contribution in [-0.2, 0) is 7.05 Å². The van der Waals surface area contributed by atoms with Crippen LogP contribution in [-0.4, -0.2) is 29.2 Å². The summed E-state index contributed by atoms with van der Waals surface area (Å²) in [5, 5.41) is 7.05. The lowest BCUT2D eigenvalue weighted by Gasteiger charge is -2.18. The van der Waals surface area contributed by atoms with E-state index in [-0.39, 0.29) is 11.9 Å². The van der Waals surface area contributed by atoms with Gasteiger partial charge in [0.25, 0.3) is 0 Å². The first kappa shape index (κ1) is 19.5. The van der Waals surface area contributed by atoms with Crippen molar-refractivity contribution in [3.05, 3.63) is 90.4 Å². The van der Waals surface area contributed by atoms with Crippen LogP contribution in [0.3, 0.4) is 0 Å². The Morgan fingerprint density at radius 1 is 1.10 bits per heavy atom. The maximum atomic E-state index is 12.5. The lowest BCUT2D eigenvalue weighted by Crippen LogP contribution is -2.32. The number of carbonyl (C=O) groups is 1. The summed E-state index contributed by atoms with van der Waals surface area (Å²) in [4.78, 5) is 16.8. The van der Waals surface area contributed by atoms with Gasteiger partial charge in [-0.2, -0.15) is 0 Å². The second-order valence-corrected chi connectivity index (χ2v) is 7.11. The number of methoxy groups -OCH3 is 1. The molecule has 30 heavy (non-hydrogen) atoms. The van der Waals surface area contributed by atoms with Crippen molar-refractivity contribution in [3.63, 3.8) is 0 Å². The molecule has 6 nitrogen and oxygen atoms in total. The molecule has 2 amide bonds. The highest BCUT2D eigenvalue weighted by molar-refractivity contribution is 5.89. The zero-order valence-corrected chi connectivity index (χ0v) is 17.0. The molecule has 2 heterocycles. The van der Waals surface area contributed by atoms with E-state index in [9.17, 15) is 4.79 Å². The molecule has 2 N–H and O–H groups in total. The van der Waals surface area contributed by atoms with Gasteiger partial charge in [-0.1, -0.05) is 24.3 Å². The summed E-state index contributed by atoms with van der Waals surface area (Å²) in [5.41, 5.74) is 4.07. The molecule has 0 bridgehead atoms. The van der Waals surface area contributed by atoms with E-state index < -0.39 is 0 Å². The standard InChI is InChI=1S/C24H24N4O2/c1-28-16-22(20-7-3-4-8-23(20)28)21(17-6-5-13-25-14-17)15-26-24(29)27-18-9-11-19(30-2)12-10-18/h3-14,16,21H,15H2,1-2H3,(H2,26,27,29). The van der Waals surface area contributed by atoms with Crippen molar-refractivity contribution < 1.29 is 9.53 Å². The Morgan fingerprint density at radius 2 is 1.90 bits per heavy atom. The summed E-state index contributed by atoms with van der Waals surface area (Å²) in [6.07, 6.45) is 5.74. The number of para-hydroxylation sites is 1. The molecule has 2 aromatic heterocycles. The third-order valence-corrected chi connectivity index (χ3v) is 5.20. The van der Waals surface area contributed by atoms with Gasteiger partial charge in [-0.3, -0.25) is 4.98 Å². The number of urea groups is 1.